The molecule has 4 heteroatoms. The molecule has 0 unspecified atom stereocenters. The quantitative estimate of drug-likeness (QED) is 0.777. The van der Waals surface area contributed by atoms with Gasteiger partial charge in [0.1, 0.15) is 0 Å². The topological polar surface area (TPSA) is 29.1 Å². The maximum atomic E-state index is 13.5. The minimum atomic E-state index is -0.867. The van der Waals surface area contributed by atoms with Crippen molar-refractivity contribution in [1.82, 2.24) is 5.32 Å². The van der Waals surface area contributed by atoms with Crippen LogP contribution in [-0.2, 0) is 4.79 Å². The van der Waals surface area contributed by atoms with Crippen molar-refractivity contribution in [2.45, 2.75) is 12.8 Å². The van der Waals surface area contributed by atoms with Crippen LogP contribution in [0.2, 0.25) is 0 Å². The fourth-order valence-electron chi connectivity index (χ4n) is 1.69. The Morgan fingerprint density at radius 3 is 2.88 bits per heavy atom. The van der Waals surface area contributed by atoms with Crippen molar-refractivity contribution in [3.63, 3.8) is 0 Å². The van der Waals surface area contributed by atoms with Crippen molar-refractivity contribution in [2.75, 3.05) is 6.54 Å². The Balaban J connectivity index is 2.33. The van der Waals surface area contributed by atoms with E-state index in [4.69, 9.17) is 0 Å². The predicted molar refractivity (Wildman–Crippen MR) is 56.6 cm³/mol. The van der Waals surface area contributed by atoms with Gasteiger partial charge in [0.2, 0.25) is 5.91 Å². The predicted octanol–water partition coefficient (Wildman–Crippen LogP) is 2.26. The fourth-order valence-corrected chi connectivity index (χ4v) is 1.69. The number of amides is 1. The van der Waals surface area contributed by atoms with Crippen molar-refractivity contribution in [3.8, 4) is 0 Å². The number of hydrogen-bond donors (Lipinski definition) is 1. The van der Waals surface area contributed by atoms with Crippen LogP contribution in [0.4, 0.5) is 8.78 Å². The number of rotatable bonds is 1. The summed E-state index contributed by atoms with van der Waals surface area (Å²) in [5, 5.41) is 2.64. The Bertz CT molecular complexity index is 454. The summed E-state index contributed by atoms with van der Waals surface area (Å²) >= 11 is 0. The summed E-state index contributed by atoms with van der Waals surface area (Å²) in [6.07, 6.45) is 2.72. The molecule has 1 aromatic rings. The highest BCUT2D eigenvalue weighted by Gasteiger charge is 2.14. The summed E-state index contributed by atoms with van der Waals surface area (Å²) in [5.41, 5.74) is 0.852. The molecule has 0 aromatic heterocycles. The van der Waals surface area contributed by atoms with Gasteiger partial charge in [0.05, 0.1) is 0 Å². The molecule has 0 bridgehead atoms. The number of carbonyl (C=O) groups is 1. The third-order valence-corrected chi connectivity index (χ3v) is 2.54. The molecule has 0 saturated heterocycles. The fraction of sp³-hybridized carbons (Fsp3) is 0.250. The molecule has 0 saturated carbocycles. The Hall–Kier alpha value is -1.71. The number of nitrogens with one attached hydrogen (secondary N) is 1. The summed E-state index contributed by atoms with van der Waals surface area (Å²) in [6.45, 7) is 0.249. The molecular formula is C12H11F2NO. The van der Waals surface area contributed by atoms with Gasteiger partial charge in [-0.1, -0.05) is 18.2 Å². The standard InChI is InChI=1S/C12H11F2NO/c13-10-5-2-4-9(12(10)14)8-3-1-6-11(16)15-7-8/h2-5H,1,6-7H2,(H,15,16). The van der Waals surface area contributed by atoms with Gasteiger partial charge in [0, 0.05) is 18.5 Å². The van der Waals surface area contributed by atoms with E-state index in [9.17, 15) is 13.6 Å². The molecule has 16 heavy (non-hydrogen) atoms. The van der Waals surface area contributed by atoms with E-state index in [1.165, 1.54) is 12.1 Å². The Morgan fingerprint density at radius 2 is 2.06 bits per heavy atom. The monoisotopic (exact) mass is 223 g/mol. The largest absolute Gasteiger partial charge is 0.352 e. The minimum absolute atomic E-state index is 0.0666. The van der Waals surface area contributed by atoms with Crippen LogP contribution in [0.1, 0.15) is 18.4 Å². The molecule has 0 fully saturated rings. The lowest BCUT2D eigenvalue weighted by atomic mass is 10.0. The second-order valence-electron chi connectivity index (χ2n) is 3.65. The first-order chi connectivity index (χ1) is 7.68. The number of hydrogen-bond acceptors (Lipinski definition) is 1. The van der Waals surface area contributed by atoms with Crippen molar-refractivity contribution < 1.29 is 13.6 Å². The van der Waals surface area contributed by atoms with Gasteiger partial charge in [-0.15, -0.1) is 0 Å². The van der Waals surface area contributed by atoms with E-state index in [2.05, 4.69) is 5.32 Å². The van der Waals surface area contributed by atoms with Gasteiger partial charge in [0.25, 0.3) is 0 Å². The van der Waals surface area contributed by atoms with Crippen LogP contribution in [0, 0.1) is 11.6 Å². The average Bonchev–Trinajstić information content (AvgIpc) is 2.47. The van der Waals surface area contributed by atoms with E-state index >= 15 is 0 Å². The molecular weight excluding hydrogens is 212 g/mol. The number of benzene rings is 1. The van der Waals surface area contributed by atoms with Gasteiger partial charge in [-0.05, 0) is 18.1 Å². The van der Waals surface area contributed by atoms with Gasteiger partial charge in [-0.2, -0.15) is 0 Å². The molecule has 0 atom stereocenters. The summed E-state index contributed by atoms with van der Waals surface area (Å²) in [5.74, 6) is -1.79. The van der Waals surface area contributed by atoms with E-state index in [1.54, 1.807) is 6.08 Å². The molecule has 0 spiro atoms. The Morgan fingerprint density at radius 1 is 1.25 bits per heavy atom. The smallest absolute Gasteiger partial charge is 0.220 e. The Kier molecular flexibility index (Phi) is 2.99. The van der Waals surface area contributed by atoms with E-state index in [1.807, 2.05) is 0 Å². The molecule has 84 valence electrons. The lowest BCUT2D eigenvalue weighted by Crippen LogP contribution is -2.23. The lowest BCUT2D eigenvalue weighted by Gasteiger charge is -2.08. The van der Waals surface area contributed by atoms with Gasteiger partial charge in [-0.25, -0.2) is 8.78 Å². The van der Waals surface area contributed by atoms with Gasteiger partial charge >= 0.3 is 0 Å². The molecule has 1 N–H and O–H groups in total. The van der Waals surface area contributed by atoms with Crippen molar-refractivity contribution in [1.29, 1.82) is 0 Å². The minimum Gasteiger partial charge on any atom is -0.352 e. The number of halogens is 2. The lowest BCUT2D eigenvalue weighted by molar-refractivity contribution is -0.120. The molecule has 1 aliphatic rings. The van der Waals surface area contributed by atoms with E-state index < -0.39 is 11.6 Å². The molecule has 1 heterocycles. The molecule has 1 amide bonds. The average molecular weight is 223 g/mol. The molecule has 1 aromatic carbocycles. The summed E-state index contributed by atoms with van der Waals surface area (Å²) in [7, 11) is 0. The van der Waals surface area contributed by atoms with E-state index in [0.717, 1.165) is 6.07 Å². The van der Waals surface area contributed by atoms with Crippen LogP contribution in [0.3, 0.4) is 0 Å². The highest BCUT2D eigenvalue weighted by Crippen LogP contribution is 2.21. The van der Waals surface area contributed by atoms with Gasteiger partial charge in [-0.3, -0.25) is 4.79 Å². The summed E-state index contributed by atoms with van der Waals surface area (Å²) in [6, 6.07) is 4.05. The first-order valence-corrected chi connectivity index (χ1v) is 5.08. The SMILES string of the molecule is O=C1CCC=C(c2cccc(F)c2F)CN1. The van der Waals surface area contributed by atoms with Crippen LogP contribution >= 0.6 is 0 Å². The molecule has 1 aliphatic heterocycles. The Labute approximate surface area is 92.0 Å². The molecule has 2 rings (SSSR count). The first kappa shape index (κ1) is 10.8. The molecule has 2 nitrogen and oxygen atoms in total. The molecule has 0 radical (unpaired) electrons. The van der Waals surface area contributed by atoms with Crippen LogP contribution < -0.4 is 5.32 Å². The van der Waals surface area contributed by atoms with Crippen LogP contribution in [-0.4, -0.2) is 12.5 Å². The van der Waals surface area contributed by atoms with E-state index in [-0.39, 0.29) is 18.0 Å². The molecule has 0 aliphatic carbocycles. The summed E-state index contributed by atoms with van der Waals surface area (Å²) < 4.78 is 26.5. The van der Waals surface area contributed by atoms with Gasteiger partial charge in [0.15, 0.2) is 11.6 Å². The van der Waals surface area contributed by atoms with Crippen molar-refractivity contribution >= 4 is 11.5 Å². The van der Waals surface area contributed by atoms with Crippen LogP contribution in [0.25, 0.3) is 5.57 Å². The van der Waals surface area contributed by atoms with Crippen LogP contribution in [0.15, 0.2) is 24.3 Å². The highest BCUT2D eigenvalue weighted by atomic mass is 19.2. The van der Waals surface area contributed by atoms with Crippen molar-refractivity contribution in [3.05, 3.63) is 41.5 Å². The normalized spacial score (nSPS) is 16.4. The van der Waals surface area contributed by atoms with Crippen LogP contribution in [0.5, 0.6) is 0 Å². The number of carbonyl (C=O) groups excluding carboxylic acids is 1. The second-order valence-corrected chi connectivity index (χ2v) is 3.65. The zero-order valence-electron chi connectivity index (χ0n) is 8.59. The van der Waals surface area contributed by atoms with Crippen molar-refractivity contribution in [2.24, 2.45) is 0 Å². The number of allylic oxidation sites excluding steroid dienone is 1. The van der Waals surface area contributed by atoms with Gasteiger partial charge < -0.3 is 5.32 Å². The third kappa shape index (κ3) is 2.10. The van der Waals surface area contributed by atoms with E-state index in [0.29, 0.717) is 18.4 Å². The highest BCUT2D eigenvalue weighted by molar-refractivity contribution is 5.81. The zero-order valence-corrected chi connectivity index (χ0v) is 8.59. The summed E-state index contributed by atoms with van der Waals surface area (Å²) in [4.78, 5) is 11.1. The zero-order chi connectivity index (χ0) is 11.5. The maximum absolute atomic E-state index is 13.5. The third-order valence-electron chi connectivity index (χ3n) is 2.54. The first-order valence-electron chi connectivity index (χ1n) is 5.08. The second kappa shape index (κ2) is 4.43. The maximum Gasteiger partial charge on any atom is 0.220 e.